The molecule has 6 nitrogen and oxygen atoms in total. The van der Waals surface area contributed by atoms with Crippen molar-refractivity contribution in [2.24, 2.45) is 5.92 Å². The van der Waals surface area contributed by atoms with E-state index >= 15 is 0 Å². The van der Waals surface area contributed by atoms with Gasteiger partial charge in [-0.15, -0.1) is 0 Å². The summed E-state index contributed by atoms with van der Waals surface area (Å²) >= 11 is 0. The lowest BCUT2D eigenvalue weighted by molar-refractivity contribution is -0.141. The third kappa shape index (κ3) is 3.75. The molecule has 1 heterocycles. The molecule has 0 saturated carbocycles. The van der Waals surface area contributed by atoms with E-state index in [0.717, 1.165) is 0 Å². The molecule has 17 heavy (non-hydrogen) atoms. The molecule has 1 aromatic rings. The van der Waals surface area contributed by atoms with Crippen LogP contribution in [0.5, 0.6) is 0 Å². The molecule has 92 valence electrons. The highest BCUT2D eigenvalue weighted by Gasteiger charge is 2.12. The average Bonchev–Trinajstić information content (AvgIpc) is 2.29. The molecule has 1 rings (SSSR count). The van der Waals surface area contributed by atoms with Gasteiger partial charge in [0.05, 0.1) is 5.92 Å². The first-order chi connectivity index (χ1) is 8.02. The first kappa shape index (κ1) is 13.0. The molecule has 0 aliphatic heterocycles. The molecule has 0 aliphatic carbocycles. The van der Waals surface area contributed by atoms with Crippen molar-refractivity contribution in [3.63, 3.8) is 0 Å². The number of hydrogen-bond acceptors (Lipinski definition) is 3. The standard InChI is InChI=1S/C11H14N2O4/c1-7(11(16)17)2-5-13-10(15)8-6-12-4-3-9(8)14/h3-4,6-7H,2,5H2,1H3,(H,12,14)(H,13,15)(H,16,17). The van der Waals surface area contributed by atoms with Gasteiger partial charge < -0.3 is 15.4 Å². The Morgan fingerprint density at radius 2 is 2.24 bits per heavy atom. The van der Waals surface area contributed by atoms with E-state index < -0.39 is 17.8 Å². The second-order valence-corrected chi connectivity index (χ2v) is 3.71. The molecule has 1 unspecified atom stereocenters. The number of nitrogens with one attached hydrogen (secondary N) is 2. The van der Waals surface area contributed by atoms with Gasteiger partial charge in [0, 0.05) is 25.0 Å². The zero-order valence-electron chi connectivity index (χ0n) is 9.40. The number of carbonyl (C=O) groups is 2. The van der Waals surface area contributed by atoms with E-state index in [2.05, 4.69) is 10.3 Å². The summed E-state index contributed by atoms with van der Waals surface area (Å²) in [4.78, 5) is 36.0. The molecule has 0 aromatic carbocycles. The van der Waals surface area contributed by atoms with Crippen LogP contribution in [0.4, 0.5) is 0 Å². The average molecular weight is 238 g/mol. The predicted octanol–water partition coefficient (Wildman–Crippen LogP) is 0.215. The summed E-state index contributed by atoms with van der Waals surface area (Å²) in [5, 5.41) is 11.1. The minimum absolute atomic E-state index is 0.0236. The molecular weight excluding hydrogens is 224 g/mol. The fourth-order valence-corrected chi connectivity index (χ4v) is 1.21. The number of pyridine rings is 1. The first-order valence-corrected chi connectivity index (χ1v) is 5.20. The number of carbonyl (C=O) groups excluding carboxylic acids is 1. The summed E-state index contributed by atoms with van der Waals surface area (Å²) in [7, 11) is 0. The number of rotatable bonds is 5. The van der Waals surface area contributed by atoms with Crippen molar-refractivity contribution in [3.05, 3.63) is 34.2 Å². The Bertz CT molecular complexity index is 467. The Balaban J connectivity index is 2.49. The van der Waals surface area contributed by atoms with E-state index in [1.165, 1.54) is 18.5 Å². The fourth-order valence-electron chi connectivity index (χ4n) is 1.21. The highest BCUT2D eigenvalue weighted by atomic mass is 16.4. The highest BCUT2D eigenvalue weighted by Crippen LogP contribution is 1.99. The molecule has 1 atom stereocenters. The van der Waals surface area contributed by atoms with Crippen molar-refractivity contribution < 1.29 is 14.7 Å². The quantitative estimate of drug-likeness (QED) is 0.683. The maximum Gasteiger partial charge on any atom is 0.306 e. The van der Waals surface area contributed by atoms with E-state index in [-0.39, 0.29) is 17.5 Å². The molecule has 1 amide bonds. The summed E-state index contributed by atoms with van der Waals surface area (Å²) in [6.45, 7) is 1.78. The van der Waals surface area contributed by atoms with Crippen molar-refractivity contribution in [1.82, 2.24) is 10.3 Å². The Labute approximate surface area is 97.7 Å². The molecule has 0 spiro atoms. The third-order valence-corrected chi connectivity index (χ3v) is 2.35. The highest BCUT2D eigenvalue weighted by molar-refractivity contribution is 5.93. The molecule has 0 bridgehead atoms. The number of carboxylic acid groups (broad SMARTS) is 1. The van der Waals surface area contributed by atoms with E-state index in [1.807, 2.05) is 0 Å². The number of hydrogen-bond donors (Lipinski definition) is 3. The molecular formula is C11H14N2O4. The fraction of sp³-hybridized carbons (Fsp3) is 0.364. The maximum absolute atomic E-state index is 11.5. The molecule has 0 radical (unpaired) electrons. The van der Waals surface area contributed by atoms with E-state index in [0.29, 0.717) is 6.42 Å². The first-order valence-electron chi connectivity index (χ1n) is 5.20. The molecule has 1 aromatic heterocycles. The lowest BCUT2D eigenvalue weighted by Crippen LogP contribution is -2.30. The lowest BCUT2D eigenvalue weighted by atomic mass is 10.1. The summed E-state index contributed by atoms with van der Waals surface area (Å²) in [6, 6.07) is 1.26. The summed E-state index contributed by atoms with van der Waals surface area (Å²) < 4.78 is 0. The number of aliphatic carboxylic acids is 1. The topological polar surface area (TPSA) is 99.3 Å². The third-order valence-electron chi connectivity index (χ3n) is 2.35. The maximum atomic E-state index is 11.5. The van der Waals surface area contributed by atoms with E-state index in [9.17, 15) is 14.4 Å². The Morgan fingerprint density at radius 3 is 2.82 bits per heavy atom. The van der Waals surface area contributed by atoms with E-state index in [1.54, 1.807) is 6.92 Å². The van der Waals surface area contributed by atoms with Crippen molar-refractivity contribution >= 4 is 11.9 Å². The van der Waals surface area contributed by atoms with Crippen LogP contribution in [0, 0.1) is 5.92 Å². The van der Waals surface area contributed by atoms with Crippen LogP contribution in [0.25, 0.3) is 0 Å². The second kappa shape index (κ2) is 5.83. The number of carboxylic acids is 1. The number of aromatic nitrogens is 1. The van der Waals surface area contributed by atoms with Crippen LogP contribution in [-0.2, 0) is 4.79 Å². The van der Waals surface area contributed by atoms with Gasteiger partial charge in [-0.05, 0) is 6.42 Å². The Hall–Kier alpha value is -2.11. The van der Waals surface area contributed by atoms with Gasteiger partial charge in [-0.3, -0.25) is 14.4 Å². The van der Waals surface area contributed by atoms with Crippen LogP contribution in [-0.4, -0.2) is 28.5 Å². The monoisotopic (exact) mass is 238 g/mol. The molecule has 0 saturated heterocycles. The van der Waals surface area contributed by atoms with Crippen LogP contribution >= 0.6 is 0 Å². The summed E-state index contributed by atoms with van der Waals surface area (Å²) in [5.41, 5.74) is -0.344. The largest absolute Gasteiger partial charge is 0.481 e. The molecule has 6 heteroatoms. The van der Waals surface area contributed by atoms with Crippen molar-refractivity contribution in [3.8, 4) is 0 Å². The van der Waals surface area contributed by atoms with Gasteiger partial charge in [0.1, 0.15) is 5.56 Å². The van der Waals surface area contributed by atoms with Crippen molar-refractivity contribution in [2.45, 2.75) is 13.3 Å². The van der Waals surface area contributed by atoms with E-state index in [4.69, 9.17) is 5.11 Å². The van der Waals surface area contributed by atoms with Crippen LogP contribution in [0.1, 0.15) is 23.7 Å². The van der Waals surface area contributed by atoms with Crippen LogP contribution in [0.3, 0.4) is 0 Å². The Morgan fingerprint density at radius 1 is 1.53 bits per heavy atom. The van der Waals surface area contributed by atoms with Gasteiger partial charge >= 0.3 is 5.97 Å². The van der Waals surface area contributed by atoms with Gasteiger partial charge in [-0.25, -0.2) is 0 Å². The van der Waals surface area contributed by atoms with Crippen molar-refractivity contribution in [2.75, 3.05) is 6.54 Å². The molecule has 0 aliphatic rings. The van der Waals surface area contributed by atoms with Crippen LogP contribution in [0.15, 0.2) is 23.3 Å². The predicted molar refractivity (Wildman–Crippen MR) is 60.8 cm³/mol. The zero-order valence-corrected chi connectivity index (χ0v) is 9.40. The van der Waals surface area contributed by atoms with Gasteiger partial charge in [-0.2, -0.15) is 0 Å². The number of aromatic amines is 1. The molecule has 3 N–H and O–H groups in total. The van der Waals surface area contributed by atoms with Crippen LogP contribution < -0.4 is 10.7 Å². The number of H-pyrrole nitrogens is 1. The van der Waals surface area contributed by atoms with Crippen LogP contribution in [0.2, 0.25) is 0 Å². The minimum atomic E-state index is -0.906. The van der Waals surface area contributed by atoms with Crippen molar-refractivity contribution in [1.29, 1.82) is 0 Å². The smallest absolute Gasteiger partial charge is 0.306 e. The minimum Gasteiger partial charge on any atom is -0.481 e. The second-order valence-electron chi connectivity index (χ2n) is 3.71. The van der Waals surface area contributed by atoms with Gasteiger partial charge in [-0.1, -0.05) is 6.92 Å². The zero-order chi connectivity index (χ0) is 12.8. The number of amides is 1. The Kier molecular flexibility index (Phi) is 4.45. The lowest BCUT2D eigenvalue weighted by Gasteiger charge is -2.07. The normalized spacial score (nSPS) is 11.8. The molecule has 0 fully saturated rings. The summed E-state index contributed by atoms with van der Waals surface area (Å²) in [6.07, 6.45) is 3.08. The SMILES string of the molecule is CC(CCNC(=O)c1c[nH]ccc1=O)C(=O)O. The van der Waals surface area contributed by atoms with Gasteiger partial charge in [0.2, 0.25) is 0 Å². The van der Waals surface area contributed by atoms with Gasteiger partial charge in [0.15, 0.2) is 5.43 Å². The van der Waals surface area contributed by atoms with Gasteiger partial charge in [0.25, 0.3) is 5.91 Å². The summed E-state index contributed by atoms with van der Waals surface area (Å²) in [5.74, 6) is -1.93.